The molecule has 1 nitrogen and oxygen atoms in total. The molecule has 0 saturated heterocycles. The van der Waals surface area contributed by atoms with Crippen molar-refractivity contribution in [2.45, 2.75) is 54.0 Å². The lowest BCUT2D eigenvalue weighted by Gasteiger charge is -2.45. The zero-order valence-corrected chi connectivity index (χ0v) is 10.4. The molecule has 0 aliphatic carbocycles. The first-order valence-corrected chi connectivity index (χ1v) is 5.53. The van der Waals surface area contributed by atoms with Crippen molar-refractivity contribution in [3.05, 3.63) is 0 Å². The van der Waals surface area contributed by atoms with Crippen LogP contribution in [-0.4, -0.2) is 5.54 Å². The number of nitrogens with two attached hydrogens (primary N) is 1. The van der Waals surface area contributed by atoms with Crippen LogP contribution in [-0.2, 0) is 0 Å². The SMILES string of the molecule is CC(C)C(C)C(N)(C(C)C)C(C)C. The summed E-state index contributed by atoms with van der Waals surface area (Å²) in [5.41, 5.74) is 6.51. The van der Waals surface area contributed by atoms with E-state index < -0.39 is 0 Å². The smallest absolute Gasteiger partial charge is 0.0229 e. The Balaban J connectivity index is 4.79. The molecule has 0 spiro atoms. The summed E-state index contributed by atoms with van der Waals surface area (Å²) in [6.45, 7) is 15.7. The van der Waals surface area contributed by atoms with Gasteiger partial charge in [0, 0.05) is 5.54 Å². The molecule has 0 fully saturated rings. The van der Waals surface area contributed by atoms with Gasteiger partial charge in [0.15, 0.2) is 0 Å². The maximum Gasteiger partial charge on any atom is 0.0229 e. The molecule has 0 aromatic rings. The Morgan fingerprint density at radius 3 is 1.15 bits per heavy atom. The lowest BCUT2D eigenvalue weighted by atomic mass is 9.66. The standard InChI is InChI=1S/C12H27N/c1-8(2)11(7)12(13,9(3)4)10(5)6/h8-11H,13H2,1-7H3. The fourth-order valence-electron chi connectivity index (χ4n) is 2.30. The molecule has 0 aromatic heterocycles. The molecule has 0 bridgehead atoms. The molecular formula is C12H27N. The second kappa shape index (κ2) is 4.45. The van der Waals surface area contributed by atoms with Gasteiger partial charge in [0.1, 0.15) is 0 Å². The predicted octanol–water partition coefficient (Wildman–Crippen LogP) is 3.29. The molecule has 0 amide bonds. The van der Waals surface area contributed by atoms with E-state index in [4.69, 9.17) is 5.73 Å². The van der Waals surface area contributed by atoms with Gasteiger partial charge in [-0.2, -0.15) is 0 Å². The van der Waals surface area contributed by atoms with Gasteiger partial charge in [0.25, 0.3) is 0 Å². The van der Waals surface area contributed by atoms with Crippen molar-refractivity contribution in [2.24, 2.45) is 29.4 Å². The van der Waals surface area contributed by atoms with Crippen molar-refractivity contribution in [1.82, 2.24) is 0 Å². The molecule has 0 aliphatic heterocycles. The third kappa shape index (κ3) is 2.46. The van der Waals surface area contributed by atoms with Gasteiger partial charge in [-0.3, -0.25) is 0 Å². The highest BCUT2D eigenvalue weighted by molar-refractivity contribution is 4.95. The summed E-state index contributed by atoms with van der Waals surface area (Å²) in [7, 11) is 0. The second-order valence-corrected chi connectivity index (χ2v) is 5.34. The maximum absolute atomic E-state index is 6.53. The van der Waals surface area contributed by atoms with Gasteiger partial charge in [-0.15, -0.1) is 0 Å². The van der Waals surface area contributed by atoms with Crippen molar-refractivity contribution in [2.75, 3.05) is 0 Å². The van der Waals surface area contributed by atoms with Crippen molar-refractivity contribution in [1.29, 1.82) is 0 Å². The number of rotatable bonds is 4. The van der Waals surface area contributed by atoms with Crippen LogP contribution >= 0.6 is 0 Å². The monoisotopic (exact) mass is 185 g/mol. The van der Waals surface area contributed by atoms with E-state index in [2.05, 4.69) is 48.5 Å². The summed E-state index contributed by atoms with van der Waals surface area (Å²) in [5.74, 6) is 2.33. The molecule has 0 radical (unpaired) electrons. The van der Waals surface area contributed by atoms with Gasteiger partial charge in [-0.1, -0.05) is 48.5 Å². The summed E-state index contributed by atoms with van der Waals surface area (Å²) >= 11 is 0. The fourth-order valence-corrected chi connectivity index (χ4v) is 2.30. The molecule has 80 valence electrons. The molecule has 13 heavy (non-hydrogen) atoms. The van der Waals surface area contributed by atoms with Gasteiger partial charge in [0.2, 0.25) is 0 Å². The number of hydrogen-bond acceptors (Lipinski definition) is 1. The molecule has 0 aliphatic rings. The quantitative estimate of drug-likeness (QED) is 0.714. The van der Waals surface area contributed by atoms with Gasteiger partial charge in [-0.05, 0) is 23.7 Å². The zero-order valence-electron chi connectivity index (χ0n) is 10.4. The van der Waals surface area contributed by atoms with Crippen LogP contribution in [0, 0.1) is 23.7 Å². The summed E-state index contributed by atoms with van der Waals surface area (Å²) in [6, 6.07) is 0. The first kappa shape index (κ1) is 13.0. The van der Waals surface area contributed by atoms with Gasteiger partial charge in [0.05, 0.1) is 0 Å². The Kier molecular flexibility index (Phi) is 4.44. The first-order chi connectivity index (χ1) is 5.74. The number of hydrogen-bond donors (Lipinski definition) is 1. The van der Waals surface area contributed by atoms with Crippen molar-refractivity contribution < 1.29 is 0 Å². The molecule has 0 saturated carbocycles. The highest BCUT2D eigenvalue weighted by Gasteiger charge is 2.39. The van der Waals surface area contributed by atoms with E-state index in [1.54, 1.807) is 0 Å². The minimum absolute atomic E-state index is 0.0197. The Labute approximate surface area is 84.1 Å². The minimum atomic E-state index is -0.0197. The lowest BCUT2D eigenvalue weighted by molar-refractivity contribution is 0.111. The van der Waals surface area contributed by atoms with Crippen molar-refractivity contribution >= 4 is 0 Å². The normalized spacial score (nSPS) is 15.9. The van der Waals surface area contributed by atoms with Crippen molar-refractivity contribution in [3.63, 3.8) is 0 Å². The molecule has 1 atom stereocenters. The van der Waals surface area contributed by atoms with Crippen LogP contribution in [0.3, 0.4) is 0 Å². The van der Waals surface area contributed by atoms with Crippen LogP contribution in [0.1, 0.15) is 48.5 Å². The van der Waals surface area contributed by atoms with E-state index in [0.29, 0.717) is 23.7 Å². The molecule has 1 heteroatoms. The van der Waals surface area contributed by atoms with Crippen LogP contribution in [0.15, 0.2) is 0 Å². The fraction of sp³-hybridized carbons (Fsp3) is 1.00. The highest BCUT2D eigenvalue weighted by Crippen LogP contribution is 2.35. The van der Waals surface area contributed by atoms with Crippen LogP contribution < -0.4 is 5.73 Å². The molecule has 0 rings (SSSR count). The zero-order chi connectivity index (χ0) is 10.8. The Morgan fingerprint density at radius 2 is 1.08 bits per heavy atom. The molecule has 0 aromatic carbocycles. The minimum Gasteiger partial charge on any atom is -0.324 e. The summed E-state index contributed by atoms with van der Waals surface area (Å²) < 4.78 is 0. The van der Waals surface area contributed by atoms with E-state index in [0.717, 1.165) is 0 Å². The molecular weight excluding hydrogens is 158 g/mol. The van der Waals surface area contributed by atoms with E-state index in [1.807, 2.05) is 0 Å². The van der Waals surface area contributed by atoms with E-state index in [9.17, 15) is 0 Å². The summed E-state index contributed by atoms with van der Waals surface area (Å²) in [6.07, 6.45) is 0. The van der Waals surface area contributed by atoms with Gasteiger partial charge >= 0.3 is 0 Å². The second-order valence-electron chi connectivity index (χ2n) is 5.34. The first-order valence-electron chi connectivity index (χ1n) is 5.53. The molecule has 0 heterocycles. The van der Waals surface area contributed by atoms with Crippen LogP contribution in [0.25, 0.3) is 0 Å². The maximum atomic E-state index is 6.53. The Hall–Kier alpha value is -0.0400. The average Bonchev–Trinajstić information content (AvgIpc) is 2.00. The Morgan fingerprint density at radius 1 is 0.769 bits per heavy atom. The van der Waals surface area contributed by atoms with Crippen LogP contribution in [0.5, 0.6) is 0 Å². The topological polar surface area (TPSA) is 26.0 Å². The highest BCUT2D eigenvalue weighted by atomic mass is 14.8. The van der Waals surface area contributed by atoms with Crippen LogP contribution in [0.2, 0.25) is 0 Å². The predicted molar refractivity (Wildman–Crippen MR) is 60.6 cm³/mol. The third-order valence-electron chi connectivity index (χ3n) is 3.79. The van der Waals surface area contributed by atoms with Crippen molar-refractivity contribution in [3.8, 4) is 0 Å². The van der Waals surface area contributed by atoms with E-state index in [-0.39, 0.29) is 5.54 Å². The summed E-state index contributed by atoms with van der Waals surface area (Å²) in [5, 5.41) is 0. The molecule has 1 unspecified atom stereocenters. The third-order valence-corrected chi connectivity index (χ3v) is 3.79. The average molecular weight is 185 g/mol. The van der Waals surface area contributed by atoms with E-state index >= 15 is 0 Å². The Bertz CT molecular complexity index is 139. The van der Waals surface area contributed by atoms with Crippen LogP contribution in [0.4, 0.5) is 0 Å². The molecule has 2 N–H and O–H groups in total. The van der Waals surface area contributed by atoms with E-state index in [1.165, 1.54) is 0 Å². The lowest BCUT2D eigenvalue weighted by Crippen LogP contribution is -2.56. The van der Waals surface area contributed by atoms with Gasteiger partial charge < -0.3 is 5.73 Å². The largest absolute Gasteiger partial charge is 0.324 e. The summed E-state index contributed by atoms with van der Waals surface area (Å²) in [4.78, 5) is 0. The van der Waals surface area contributed by atoms with Gasteiger partial charge in [-0.25, -0.2) is 0 Å².